The Hall–Kier alpha value is -3.85. The standard InChI is InChI=1S/C35H40N2O5S/c1-5-6-22-36-33-31-23-26(14-21-32(31)42-35(3,4)34(33)38)24-37(43(39,40)30-19-12-25(2)13-20-30)27-15-17-29(18-16-27)41-28-10-8-7-9-11-28/h7-21,23,33-34,36,38H,5-6,22,24H2,1-4H3/t33-,34+/m0/s1. The lowest BCUT2D eigenvalue weighted by Gasteiger charge is -2.42. The van der Waals surface area contributed by atoms with Gasteiger partial charge in [0, 0.05) is 5.56 Å². The number of anilines is 1. The number of para-hydroxylation sites is 1. The summed E-state index contributed by atoms with van der Waals surface area (Å²) in [6, 6.07) is 28.7. The van der Waals surface area contributed by atoms with Crippen molar-refractivity contribution in [2.75, 3.05) is 10.8 Å². The molecule has 0 aromatic heterocycles. The Balaban J connectivity index is 1.50. The number of nitrogens with zero attached hydrogens (tertiary/aromatic N) is 1. The number of aryl methyl sites for hydroxylation is 1. The molecule has 0 bridgehead atoms. The Kier molecular flexibility index (Phi) is 9.11. The van der Waals surface area contributed by atoms with Gasteiger partial charge in [0.15, 0.2) is 0 Å². The van der Waals surface area contributed by atoms with E-state index < -0.39 is 21.7 Å². The molecular formula is C35H40N2O5S. The van der Waals surface area contributed by atoms with Crippen LogP contribution in [0.25, 0.3) is 0 Å². The molecule has 4 aromatic rings. The summed E-state index contributed by atoms with van der Waals surface area (Å²) in [6.45, 7) is 8.65. The quantitative estimate of drug-likeness (QED) is 0.178. The van der Waals surface area contributed by atoms with Crippen molar-refractivity contribution in [2.24, 2.45) is 0 Å². The molecule has 0 saturated heterocycles. The van der Waals surface area contributed by atoms with Crippen molar-refractivity contribution in [1.29, 1.82) is 0 Å². The van der Waals surface area contributed by atoms with E-state index >= 15 is 0 Å². The van der Waals surface area contributed by atoms with Crippen LogP contribution in [0.2, 0.25) is 0 Å². The SMILES string of the molecule is CCCCN[C@H]1c2cc(CN(c3ccc(Oc4ccccc4)cc3)S(=O)(=O)c3ccc(C)cc3)ccc2OC(C)(C)[C@@H]1O. The van der Waals surface area contributed by atoms with Crippen LogP contribution in [0.15, 0.2) is 102 Å². The van der Waals surface area contributed by atoms with Crippen molar-refractivity contribution in [1.82, 2.24) is 5.32 Å². The molecule has 2 atom stereocenters. The molecule has 0 unspecified atom stereocenters. The maximum absolute atomic E-state index is 14.1. The van der Waals surface area contributed by atoms with Gasteiger partial charge in [-0.05, 0) is 100.0 Å². The van der Waals surface area contributed by atoms with Crippen molar-refractivity contribution in [3.05, 3.63) is 114 Å². The van der Waals surface area contributed by atoms with Gasteiger partial charge in [0.2, 0.25) is 0 Å². The number of unbranched alkanes of at least 4 members (excludes halogenated alkanes) is 1. The van der Waals surface area contributed by atoms with Crippen LogP contribution in [0.3, 0.4) is 0 Å². The second-order valence-corrected chi connectivity index (χ2v) is 13.4. The molecule has 0 fully saturated rings. The molecule has 1 heterocycles. The molecule has 0 aliphatic carbocycles. The molecule has 8 heteroatoms. The van der Waals surface area contributed by atoms with Crippen LogP contribution in [0.4, 0.5) is 5.69 Å². The predicted octanol–water partition coefficient (Wildman–Crippen LogP) is 7.15. The van der Waals surface area contributed by atoms with Crippen LogP contribution in [0.5, 0.6) is 17.2 Å². The molecule has 2 N–H and O–H groups in total. The van der Waals surface area contributed by atoms with Crippen molar-refractivity contribution in [3.63, 3.8) is 0 Å². The highest BCUT2D eigenvalue weighted by atomic mass is 32.2. The van der Waals surface area contributed by atoms with Crippen molar-refractivity contribution >= 4 is 15.7 Å². The summed E-state index contributed by atoms with van der Waals surface area (Å²) >= 11 is 0. The van der Waals surface area contributed by atoms with Gasteiger partial charge < -0.3 is 19.9 Å². The number of aliphatic hydroxyl groups is 1. The van der Waals surface area contributed by atoms with Crippen LogP contribution in [-0.4, -0.2) is 31.8 Å². The normalized spacial score (nSPS) is 17.5. The van der Waals surface area contributed by atoms with Gasteiger partial charge in [-0.3, -0.25) is 4.31 Å². The summed E-state index contributed by atoms with van der Waals surface area (Å²) < 4.78 is 41.8. The van der Waals surface area contributed by atoms with Crippen molar-refractivity contribution in [3.8, 4) is 17.2 Å². The Morgan fingerprint density at radius 1 is 0.930 bits per heavy atom. The van der Waals surface area contributed by atoms with Gasteiger partial charge >= 0.3 is 0 Å². The molecule has 1 aliphatic rings. The molecular weight excluding hydrogens is 560 g/mol. The topological polar surface area (TPSA) is 88.1 Å². The summed E-state index contributed by atoms with van der Waals surface area (Å²) in [7, 11) is -3.93. The van der Waals surface area contributed by atoms with Crippen LogP contribution in [0.1, 0.15) is 56.3 Å². The number of hydrogen-bond acceptors (Lipinski definition) is 6. The maximum atomic E-state index is 14.1. The molecule has 0 saturated carbocycles. The number of nitrogens with one attached hydrogen (secondary N) is 1. The minimum atomic E-state index is -3.93. The number of sulfonamides is 1. The van der Waals surface area contributed by atoms with Gasteiger partial charge in [0.25, 0.3) is 10.0 Å². The minimum absolute atomic E-state index is 0.0869. The van der Waals surface area contributed by atoms with Crippen molar-refractivity contribution < 1.29 is 23.0 Å². The zero-order valence-corrected chi connectivity index (χ0v) is 26.0. The average molecular weight is 601 g/mol. The second-order valence-electron chi connectivity index (χ2n) is 11.5. The third-order valence-electron chi connectivity index (χ3n) is 7.74. The van der Waals surface area contributed by atoms with E-state index in [1.807, 2.05) is 69.3 Å². The predicted molar refractivity (Wildman–Crippen MR) is 170 cm³/mol. The lowest BCUT2D eigenvalue weighted by Crippen LogP contribution is -2.52. The average Bonchev–Trinajstić information content (AvgIpc) is 2.99. The smallest absolute Gasteiger partial charge is 0.264 e. The Morgan fingerprint density at radius 2 is 1.60 bits per heavy atom. The maximum Gasteiger partial charge on any atom is 0.264 e. The Morgan fingerprint density at radius 3 is 2.28 bits per heavy atom. The summed E-state index contributed by atoms with van der Waals surface area (Å²) in [4.78, 5) is 0.209. The molecule has 0 amide bonds. The van der Waals surface area contributed by atoms with Gasteiger partial charge in [-0.15, -0.1) is 0 Å². The zero-order chi connectivity index (χ0) is 30.6. The first kappa shape index (κ1) is 30.6. The highest BCUT2D eigenvalue weighted by Crippen LogP contribution is 2.41. The fourth-order valence-corrected chi connectivity index (χ4v) is 6.68. The van der Waals surface area contributed by atoms with Gasteiger partial charge in [0.05, 0.1) is 23.2 Å². The fraction of sp³-hybridized carbons (Fsp3) is 0.314. The number of ether oxygens (including phenoxy) is 2. The number of benzene rings is 4. The van der Waals surface area contributed by atoms with E-state index in [2.05, 4.69) is 12.2 Å². The number of hydrogen-bond donors (Lipinski definition) is 2. The first-order valence-corrected chi connectivity index (χ1v) is 16.2. The fourth-order valence-electron chi connectivity index (χ4n) is 5.23. The summed E-state index contributed by atoms with van der Waals surface area (Å²) in [6.07, 6.45) is 1.23. The third-order valence-corrected chi connectivity index (χ3v) is 9.53. The lowest BCUT2D eigenvalue weighted by molar-refractivity contribution is -0.0645. The number of fused-ring (bicyclic) bond motifs is 1. The first-order chi connectivity index (χ1) is 20.6. The van der Waals surface area contributed by atoms with E-state index in [1.54, 1.807) is 48.5 Å². The molecule has 43 heavy (non-hydrogen) atoms. The van der Waals surface area contributed by atoms with E-state index in [0.717, 1.165) is 36.1 Å². The van der Waals surface area contributed by atoms with Crippen LogP contribution in [-0.2, 0) is 16.6 Å². The Labute approximate surface area is 255 Å². The molecule has 5 rings (SSSR count). The van der Waals surface area contributed by atoms with E-state index in [9.17, 15) is 13.5 Å². The molecule has 7 nitrogen and oxygen atoms in total. The lowest BCUT2D eigenvalue weighted by atomic mass is 9.85. The molecule has 4 aromatic carbocycles. The van der Waals surface area contributed by atoms with Gasteiger partial charge in [-0.25, -0.2) is 8.42 Å². The number of rotatable bonds is 11. The van der Waals surface area contributed by atoms with Crippen LogP contribution >= 0.6 is 0 Å². The summed E-state index contributed by atoms with van der Waals surface area (Å²) in [5, 5.41) is 14.7. The van der Waals surface area contributed by atoms with Crippen LogP contribution in [0, 0.1) is 6.92 Å². The van der Waals surface area contributed by atoms with Gasteiger partial charge in [-0.2, -0.15) is 0 Å². The Bertz CT molecular complexity index is 1620. The van der Waals surface area contributed by atoms with E-state index in [1.165, 1.54) is 4.31 Å². The zero-order valence-electron chi connectivity index (χ0n) is 25.2. The summed E-state index contributed by atoms with van der Waals surface area (Å²) in [5.41, 5.74) is 2.30. The van der Waals surface area contributed by atoms with Crippen LogP contribution < -0.4 is 19.1 Å². The van der Waals surface area contributed by atoms with Crippen molar-refractivity contribution in [2.45, 2.75) is 69.7 Å². The molecule has 0 radical (unpaired) electrons. The molecule has 1 aliphatic heterocycles. The molecule has 0 spiro atoms. The molecule has 226 valence electrons. The highest BCUT2D eigenvalue weighted by Gasteiger charge is 2.42. The number of aliphatic hydroxyl groups excluding tert-OH is 1. The van der Waals surface area contributed by atoms with E-state index in [-0.39, 0.29) is 17.5 Å². The third kappa shape index (κ3) is 6.88. The second kappa shape index (κ2) is 12.8. The largest absolute Gasteiger partial charge is 0.485 e. The van der Waals surface area contributed by atoms with Gasteiger partial charge in [0.1, 0.15) is 29.0 Å². The van der Waals surface area contributed by atoms with E-state index in [0.29, 0.717) is 22.9 Å². The first-order valence-electron chi connectivity index (χ1n) is 14.7. The van der Waals surface area contributed by atoms with E-state index in [4.69, 9.17) is 9.47 Å². The van der Waals surface area contributed by atoms with Gasteiger partial charge in [-0.1, -0.05) is 55.3 Å². The minimum Gasteiger partial charge on any atom is -0.485 e. The monoisotopic (exact) mass is 600 g/mol. The summed E-state index contributed by atoms with van der Waals surface area (Å²) in [5.74, 6) is 1.98. The highest BCUT2D eigenvalue weighted by molar-refractivity contribution is 7.92.